The van der Waals surface area contributed by atoms with Gasteiger partial charge in [-0.15, -0.1) is 16.7 Å². The number of hydrogen-bond donors (Lipinski definition) is 0. The Morgan fingerprint density at radius 3 is 2.60 bits per heavy atom. The Balaban J connectivity index is 2.11. The van der Waals surface area contributed by atoms with Crippen molar-refractivity contribution in [2.45, 2.75) is 5.88 Å². The fourth-order valence-electron chi connectivity index (χ4n) is 0.937. The van der Waals surface area contributed by atoms with Crippen molar-refractivity contribution in [2.24, 2.45) is 0 Å². The van der Waals surface area contributed by atoms with E-state index in [1.807, 2.05) is 0 Å². The molecule has 1 heterocycles. The van der Waals surface area contributed by atoms with E-state index >= 15 is 0 Å². The van der Waals surface area contributed by atoms with Crippen LogP contribution in [0.1, 0.15) is 5.01 Å². The third-order valence-corrected chi connectivity index (χ3v) is 2.79. The Morgan fingerprint density at radius 1 is 1.27 bits per heavy atom. The minimum Gasteiger partial charge on any atom is -0.430 e. The zero-order valence-corrected chi connectivity index (χ0v) is 9.06. The van der Waals surface area contributed by atoms with Crippen LogP contribution in [0.15, 0.2) is 24.3 Å². The van der Waals surface area contributed by atoms with Crippen LogP contribution < -0.4 is 4.74 Å². The molecule has 0 N–H and O–H groups in total. The highest BCUT2D eigenvalue weighted by atomic mass is 35.5. The summed E-state index contributed by atoms with van der Waals surface area (Å²) in [6.45, 7) is 0. The van der Waals surface area contributed by atoms with Gasteiger partial charge in [0, 0.05) is 0 Å². The van der Waals surface area contributed by atoms with Crippen molar-refractivity contribution in [1.29, 1.82) is 0 Å². The molecule has 0 aliphatic rings. The van der Waals surface area contributed by atoms with Crippen LogP contribution in [-0.2, 0) is 5.88 Å². The summed E-state index contributed by atoms with van der Waals surface area (Å²) in [4.78, 5) is 0. The van der Waals surface area contributed by atoms with Crippen molar-refractivity contribution < 1.29 is 9.13 Å². The van der Waals surface area contributed by atoms with Crippen LogP contribution in [0.2, 0.25) is 0 Å². The number of rotatable bonds is 3. The first-order chi connectivity index (χ1) is 7.28. The summed E-state index contributed by atoms with van der Waals surface area (Å²) in [5.74, 6) is 0.527. The topological polar surface area (TPSA) is 35.0 Å². The first-order valence-electron chi connectivity index (χ1n) is 4.09. The van der Waals surface area contributed by atoms with Crippen LogP contribution in [0.25, 0.3) is 0 Å². The molecule has 1 aromatic carbocycles. The molecular formula is C9H6ClFN2OS. The van der Waals surface area contributed by atoms with Gasteiger partial charge in [0.25, 0.3) is 5.19 Å². The van der Waals surface area contributed by atoms with E-state index in [0.717, 1.165) is 0 Å². The molecule has 0 bridgehead atoms. The first-order valence-corrected chi connectivity index (χ1v) is 5.45. The van der Waals surface area contributed by atoms with E-state index in [4.69, 9.17) is 16.3 Å². The molecule has 0 amide bonds. The number of alkyl halides is 1. The van der Waals surface area contributed by atoms with Crippen molar-refractivity contribution in [2.75, 3.05) is 0 Å². The molecular weight excluding hydrogens is 239 g/mol. The van der Waals surface area contributed by atoms with Gasteiger partial charge in [-0.25, -0.2) is 4.39 Å². The van der Waals surface area contributed by atoms with E-state index < -0.39 is 0 Å². The number of nitrogens with zero attached hydrogens (tertiary/aromatic N) is 2. The highest BCUT2D eigenvalue weighted by Gasteiger charge is 2.05. The summed E-state index contributed by atoms with van der Waals surface area (Å²) < 4.78 is 17.9. The molecule has 0 fully saturated rings. The fraction of sp³-hybridized carbons (Fsp3) is 0.111. The summed E-state index contributed by atoms with van der Waals surface area (Å²) >= 11 is 6.83. The highest BCUT2D eigenvalue weighted by molar-refractivity contribution is 7.13. The number of ether oxygens (including phenoxy) is 1. The van der Waals surface area contributed by atoms with Gasteiger partial charge in [-0.2, -0.15) is 0 Å². The lowest BCUT2D eigenvalue weighted by molar-refractivity contribution is 0.471. The Morgan fingerprint density at radius 2 is 2.00 bits per heavy atom. The SMILES string of the molecule is Fc1ccc(Oc2nnc(CCl)s2)cc1. The van der Waals surface area contributed by atoms with Gasteiger partial charge in [-0.1, -0.05) is 16.4 Å². The Kier molecular flexibility index (Phi) is 3.13. The maximum Gasteiger partial charge on any atom is 0.299 e. The molecule has 2 aromatic rings. The van der Waals surface area contributed by atoms with Gasteiger partial charge in [-0.3, -0.25) is 0 Å². The van der Waals surface area contributed by atoms with Crippen LogP contribution in [0.3, 0.4) is 0 Å². The second-order valence-corrected chi connectivity index (χ2v) is 3.94. The fourth-order valence-corrected chi connectivity index (χ4v) is 1.71. The van der Waals surface area contributed by atoms with Gasteiger partial charge in [0.2, 0.25) is 0 Å². The molecule has 0 unspecified atom stereocenters. The molecule has 3 nitrogen and oxygen atoms in total. The van der Waals surface area contributed by atoms with Crippen LogP contribution in [0.4, 0.5) is 4.39 Å². The van der Waals surface area contributed by atoms with Crippen LogP contribution in [0, 0.1) is 5.82 Å². The van der Waals surface area contributed by atoms with Gasteiger partial charge in [0.1, 0.15) is 16.6 Å². The largest absolute Gasteiger partial charge is 0.430 e. The summed E-state index contributed by atoms with van der Waals surface area (Å²) in [5, 5.41) is 8.65. The molecule has 0 spiro atoms. The molecule has 1 aromatic heterocycles. The Labute approximate surface area is 94.5 Å². The zero-order valence-electron chi connectivity index (χ0n) is 7.48. The summed E-state index contributed by atoms with van der Waals surface area (Å²) in [6.07, 6.45) is 0. The molecule has 15 heavy (non-hydrogen) atoms. The van der Waals surface area contributed by atoms with Crippen molar-refractivity contribution in [1.82, 2.24) is 10.2 Å². The minimum atomic E-state index is -0.305. The molecule has 2 rings (SSSR count). The van der Waals surface area contributed by atoms with Gasteiger partial charge < -0.3 is 4.74 Å². The van der Waals surface area contributed by atoms with Gasteiger partial charge >= 0.3 is 0 Å². The third-order valence-electron chi connectivity index (χ3n) is 1.58. The molecule has 0 saturated heterocycles. The van der Waals surface area contributed by atoms with Gasteiger partial charge in [-0.05, 0) is 24.3 Å². The van der Waals surface area contributed by atoms with Crippen molar-refractivity contribution in [3.8, 4) is 10.9 Å². The van der Waals surface area contributed by atoms with Crippen LogP contribution in [0.5, 0.6) is 10.9 Å². The third kappa shape index (κ3) is 2.64. The molecule has 0 saturated carbocycles. The number of hydrogen-bond acceptors (Lipinski definition) is 4. The lowest BCUT2D eigenvalue weighted by Crippen LogP contribution is -1.83. The molecule has 0 aliphatic carbocycles. The first kappa shape index (κ1) is 10.3. The number of halogens is 2. The second-order valence-electron chi connectivity index (χ2n) is 2.65. The predicted molar refractivity (Wildman–Crippen MR) is 55.9 cm³/mol. The highest BCUT2D eigenvalue weighted by Crippen LogP contribution is 2.25. The number of aromatic nitrogens is 2. The molecule has 0 radical (unpaired) electrons. The smallest absolute Gasteiger partial charge is 0.299 e. The lowest BCUT2D eigenvalue weighted by Gasteiger charge is -1.99. The van der Waals surface area contributed by atoms with E-state index in [-0.39, 0.29) is 5.82 Å². The van der Waals surface area contributed by atoms with Crippen molar-refractivity contribution >= 4 is 22.9 Å². The van der Waals surface area contributed by atoms with E-state index in [2.05, 4.69) is 10.2 Å². The van der Waals surface area contributed by atoms with Gasteiger partial charge in [0.15, 0.2) is 0 Å². The second kappa shape index (κ2) is 4.55. The zero-order chi connectivity index (χ0) is 10.7. The summed E-state index contributed by atoms with van der Waals surface area (Å²) in [5.41, 5.74) is 0. The molecule has 6 heteroatoms. The quantitative estimate of drug-likeness (QED) is 0.778. The standard InChI is InChI=1S/C9H6ClFN2OS/c10-5-8-12-13-9(15-8)14-7-3-1-6(11)2-4-7/h1-4H,5H2. The monoisotopic (exact) mass is 244 g/mol. The maximum absolute atomic E-state index is 12.6. The Hall–Kier alpha value is -1.20. The normalized spacial score (nSPS) is 10.3. The minimum absolute atomic E-state index is 0.305. The van der Waals surface area contributed by atoms with E-state index in [0.29, 0.717) is 21.8 Å². The summed E-state index contributed by atoms with van der Waals surface area (Å²) in [6, 6.07) is 5.69. The van der Waals surface area contributed by atoms with Gasteiger partial charge in [0.05, 0.1) is 5.88 Å². The average Bonchev–Trinajstić information content (AvgIpc) is 2.69. The Bertz CT molecular complexity index is 446. The summed E-state index contributed by atoms with van der Waals surface area (Å²) in [7, 11) is 0. The predicted octanol–water partition coefficient (Wildman–Crippen LogP) is 3.21. The number of benzene rings is 1. The van der Waals surface area contributed by atoms with Crippen molar-refractivity contribution in [3.05, 3.63) is 35.1 Å². The molecule has 0 aliphatic heterocycles. The van der Waals surface area contributed by atoms with Crippen LogP contribution in [-0.4, -0.2) is 10.2 Å². The molecule has 78 valence electrons. The van der Waals surface area contributed by atoms with E-state index in [1.165, 1.54) is 35.6 Å². The molecule has 0 atom stereocenters. The average molecular weight is 245 g/mol. The van der Waals surface area contributed by atoms with E-state index in [1.54, 1.807) is 0 Å². The maximum atomic E-state index is 12.6. The van der Waals surface area contributed by atoms with Crippen LogP contribution >= 0.6 is 22.9 Å². The lowest BCUT2D eigenvalue weighted by atomic mass is 10.3. The van der Waals surface area contributed by atoms with Crippen molar-refractivity contribution in [3.63, 3.8) is 0 Å². The van der Waals surface area contributed by atoms with E-state index in [9.17, 15) is 4.39 Å².